The van der Waals surface area contributed by atoms with Crippen LogP contribution in [0.15, 0.2) is 30.3 Å². The highest BCUT2D eigenvalue weighted by atomic mass is 16.2. The highest BCUT2D eigenvalue weighted by molar-refractivity contribution is 5.78. The Balaban J connectivity index is 1.68. The zero-order valence-electron chi connectivity index (χ0n) is 16.1. The first-order valence-corrected chi connectivity index (χ1v) is 9.71. The molecule has 1 aromatic carbocycles. The number of piperidine rings is 2. The van der Waals surface area contributed by atoms with Gasteiger partial charge in [0, 0.05) is 26.2 Å². The Labute approximate surface area is 152 Å². The van der Waals surface area contributed by atoms with Gasteiger partial charge in [0.1, 0.15) is 0 Å². The van der Waals surface area contributed by atoms with Gasteiger partial charge in [-0.15, -0.1) is 0 Å². The lowest BCUT2D eigenvalue weighted by Crippen LogP contribution is -2.53. The van der Waals surface area contributed by atoms with E-state index in [4.69, 9.17) is 0 Å². The topological polar surface area (TPSA) is 26.8 Å². The van der Waals surface area contributed by atoms with Crippen LogP contribution in [-0.2, 0) is 4.79 Å². The maximum atomic E-state index is 12.4. The van der Waals surface area contributed by atoms with Gasteiger partial charge in [0.25, 0.3) is 0 Å². The minimum absolute atomic E-state index is 0.280. The molecule has 0 radical (unpaired) electrons. The van der Waals surface area contributed by atoms with Gasteiger partial charge < -0.3 is 14.7 Å². The van der Waals surface area contributed by atoms with Crippen molar-refractivity contribution in [3.8, 4) is 0 Å². The Morgan fingerprint density at radius 1 is 1.20 bits per heavy atom. The van der Waals surface area contributed by atoms with E-state index in [0.717, 1.165) is 32.5 Å². The lowest BCUT2D eigenvalue weighted by atomic mass is 9.68. The van der Waals surface area contributed by atoms with E-state index in [0.29, 0.717) is 17.9 Å². The molecule has 0 bridgehead atoms. The first kappa shape index (κ1) is 18.4. The number of carbonyl (C=O) groups excluding carboxylic acids is 1. The smallest absolute Gasteiger partial charge is 0.236 e. The van der Waals surface area contributed by atoms with Crippen molar-refractivity contribution in [2.75, 3.05) is 53.4 Å². The second-order valence-corrected chi connectivity index (χ2v) is 8.26. The molecule has 1 amide bonds. The molecule has 0 aromatic heterocycles. The lowest BCUT2D eigenvalue weighted by Gasteiger charge is -2.50. The molecule has 2 heterocycles. The number of benzene rings is 1. The first-order valence-electron chi connectivity index (χ1n) is 9.71. The van der Waals surface area contributed by atoms with Crippen molar-refractivity contribution in [1.82, 2.24) is 14.7 Å². The molecule has 1 atom stereocenters. The molecule has 0 N–H and O–H groups in total. The Bertz CT molecular complexity index is 564. The fraction of sp³-hybridized carbons (Fsp3) is 0.667. The number of nitrogens with zero attached hydrogens (tertiary/aromatic N) is 3. The van der Waals surface area contributed by atoms with Gasteiger partial charge in [0.2, 0.25) is 5.91 Å². The minimum atomic E-state index is 0.280. The summed E-state index contributed by atoms with van der Waals surface area (Å²) in [5.74, 6) is 0.904. The van der Waals surface area contributed by atoms with Crippen LogP contribution in [0, 0.1) is 5.41 Å². The summed E-state index contributed by atoms with van der Waals surface area (Å²) < 4.78 is 0. The van der Waals surface area contributed by atoms with Crippen LogP contribution in [-0.4, -0.2) is 74.0 Å². The molecule has 3 rings (SSSR count). The number of rotatable bonds is 4. The van der Waals surface area contributed by atoms with Crippen LogP contribution < -0.4 is 0 Å². The monoisotopic (exact) mass is 343 g/mol. The normalized spacial score (nSPS) is 24.0. The molecule has 0 aliphatic carbocycles. The molecular formula is C21H33N3O. The van der Waals surface area contributed by atoms with Crippen molar-refractivity contribution < 1.29 is 4.79 Å². The quantitative estimate of drug-likeness (QED) is 0.841. The Morgan fingerprint density at radius 3 is 2.48 bits per heavy atom. The van der Waals surface area contributed by atoms with E-state index in [1.54, 1.807) is 0 Å². The predicted molar refractivity (Wildman–Crippen MR) is 103 cm³/mol. The summed E-state index contributed by atoms with van der Waals surface area (Å²) in [6.45, 7) is 8.14. The number of hydrogen-bond acceptors (Lipinski definition) is 3. The molecule has 0 unspecified atom stereocenters. The van der Waals surface area contributed by atoms with Gasteiger partial charge in [0.05, 0.1) is 6.54 Å². The zero-order valence-corrected chi connectivity index (χ0v) is 16.1. The van der Waals surface area contributed by atoms with Gasteiger partial charge in [-0.25, -0.2) is 0 Å². The molecule has 2 aliphatic rings. The van der Waals surface area contributed by atoms with Gasteiger partial charge >= 0.3 is 0 Å². The molecule has 2 fully saturated rings. The highest BCUT2D eigenvalue weighted by Gasteiger charge is 2.42. The molecule has 4 heteroatoms. The zero-order chi connectivity index (χ0) is 17.9. The van der Waals surface area contributed by atoms with E-state index < -0.39 is 0 Å². The summed E-state index contributed by atoms with van der Waals surface area (Å²) in [7, 11) is 3.93. The summed E-state index contributed by atoms with van der Waals surface area (Å²) in [6.07, 6.45) is 3.56. The van der Waals surface area contributed by atoms with E-state index >= 15 is 0 Å². The van der Waals surface area contributed by atoms with E-state index in [1.807, 2.05) is 19.0 Å². The highest BCUT2D eigenvalue weighted by Crippen LogP contribution is 2.45. The van der Waals surface area contributed by atoms with Crippen molar-refractivity contribution in [3.63, 3.8) is 0 Å². The Hall–Kier alpha value is -1.39. The minimum Gasteiger partial charge on any atom is -0.342 e. The van der Waals surface area contributed by atoms with Gasteiger partial charge in [0.15, 0.2) is 0 Å². The summed E-state index contributed by atoms with van der Waals surface area (Å²) in [5, 5.41) is 0. The van der Waals surface area contributed by atoms with E-state index in [2.05, 4.69) is 47.1 Å². The van der Waals surface area contributed by atoms with Crippen molar-refractivity contribution in [2.24, 2.45) is 5.41 Å². The van der Waals surface area contributed by atoms with Crippen LogP contribution in [0.3, 0.4) is 0 Å². The molecule has 138 valence electrons. The lowest BCUT2D eigenvalue weighted by molar-refractivity contribution is -0.135. The molecule has 25 heavy (non-hydrogen) atoms. The van der Waals surface area contributed by atoms with Crippen molar-refractivity contribution in [2.45, 2.75) is 32.1 Å². The van der Waals surface area contributed by atoms with Gasteiger partial charge in [-0.3, -0.25) is 4.79 Å². The third kappa shape index (κ3) is 4.42. The maximum absolute atomic E-state index is 12.4. The van der Waals surface area contributed by atoms with Gasteiger partial charge in [-0.1, -0.05) is 37.3 Å². The predicted octanol–water partition coefficient (Wildman–Crippen LogP) is 2.67. The second kappa shape index (κ2) is 7.88. The van der Waals surface area contributed by atoms with Crippen molar-refractivity contribution in [3.05, 3.63) is 35.9 Å². The van der Waals surface area contributed by atoms with Gasteiger partial charge in [-0.05, 0) is 56.8 Å². The second-order valence-electron chi connectivity index (χ2n) is 8.26. The third-order valence-electron chi connectivity index (χ3n) is 6.06. The van der Waals surface area contributed by atoms with Crippen LogP contribution in [0.2, 0.25) is 0 Å². The molecule has 2 aliphatic heterocycles. The van der Waals surface area contributed by atoms with E-state index in [1.165, 1.54) is 25.1 Å². The molecule has 0 saturated carbocycles. The van der Waals surface area contributed by atoms with Crippen molar-refractivity contribution in [1.29, 1.82) is 0 Å². The van der Waals surface area contributed by atoms with Crippen molar-refractivity contribution >= 4 is 5.91 Å². The summed E-state index contributed by atoms with van der Waals surface area (Å²) in [5.41, 5.74) is 1.86. The number of amides is 1. The van der Waals surface area contributed by atoms with Gasteiger partial charge in [-0.2, -0.15) is 0 Å². The third-order valence-corrected chi connectivity index (χ3v) is 6.06. The van der Waals surface area contributed by atoms with Crippen LogP contribution in [0.1, 0.15) is 37.7 Å². The fourth-order valence-electron chi connectivity index (χ4n) is 4.65. The van der Waals surface area contributed by atoms with E-state index in [9.17, 15) is 4.79 Å². The molecule has 1 aromatic rings. The van der Waals surface area contributed by atoms with Crippen LogP contribution in [0.4, 0.5) is 0 Å². The average molecular weight is 344 g/mol. The number of carbonyl (C=O) groups is 1. The Morgan fingerprint density at radius 2 is 1.88 bits per heavy atom. The fourth-order valence-corrected chi connectivity index (χ4v) is 4.65. The van der Waals surface area contributed by atoms with Crippen LogP contribution in [0.5, 0.6) is 0 Å². The number of likely N-dealkylation sites (tertiary alicyclic amines) is 2. The van der Waals surface area contributed by atoms with Crippen LogP contribution in [0.25, 0.3) is 0 Å². The van der Waals surface area contributed by atoms with Crippen LogP contribution >= 0.6 is 0 Å². The molecule has 4 nitrogen and oxygen atoms in total. The summed E-state index contributed by atoms with van der Waals surface area (Å²) in [6, 6.07) is 11.0. The molecule has 2 saturated heterocycles. The standard InChI is InChI=1S/C21H33N3O/c1-4-23-15-19(18-8-6-5-7-9-18)14-21(17-23)10-12-24(13-11-21)20(25)16-22(2)3/h5-9,19H,4,10-17H2,1-3H3/t19-/m0/s1. The molecule has 1 spiro atoms. The number of hydrogen-bond donors (Lipinski definition) is 0. The maximum Gasteiger partial charge on any atom is 0.236 e. The summed E-state index contributed by atoms with van der Waals surface area (Å²) in [4.78, 5) is 19.0. The number of likely N-dealkylation sites (N-methyl/N-ethyl adjacent to an activating group) is 2. The largest absolute Gasteiger partial charge is 0.342 e. The Kier molecular flexibility index (Phi) is 5.80. The summed E-state index contributed by atoms with van der Waals surface area (Å²) >= 11 is 0. The average Bonchev–Trinajstić information content (AvgIpc) is 2.62. The molecular weight excluding hydrogens is 310 g/mol. The SMILES string of the molecule is CCN1C[C@@H](c2ccccc2)CC2(CCN(C(=O)CN(C)C)CC2)C1. The van der Waals surface area contributed by atoms with E-state index in [-0.39, 0.29) is 5.91 Å². The first-order chi connectivity index (χ1) is 12.0.